The molecular weight excluding hydrogens is 374 g/mol. The minimum atomic E-state index is -0.576. The van der Waals surface area contributed by atoms with Crippen molar-refractivity contribution >= 4 is 11.9 Å². The molecule has 4 N–H and O–H groups in total. The fourth-order valence-electron chi connectivity index (χ4n) is 3.48. The Morgan fingerprint density at radius 1 is 1.07 bits per heavy atom. The SMILES string of the molecule is CCCCCCCCC(C)c1ccc(CCC(NC(=O)OC(C)(C)C)C(=N)N)cc1. The summed E-state index contributed by atoms with van der Waals surface area (Å²) < 4.78 is 5.27. The first-order valence-corrected chi connectivity index (χ1v) is 11.5. The van der Waals surface area contributed by atoms with E-state index in [1.165, 1.54) is 56.1 Å². The van der Waals surface area contributed by atoms with Gasteiger partial charge in [-0.2, -0.15) is 0 Å². The molecule has 0 aromatic heterocycles. The Balaban J connectivity index is 2.46. The summed E-state index contributed by atoms with van der Waals surface area (Å²) in [5.41, 5.74) is 7.66. The van der Waals surface area contributed by atoms with Crippen molar-refractivity contribution in [2.45, 2.75) is 110 Å². The molecule has 5 heteroatoms. The van der Waals surface area contributed by atoms with Crippen LogP contribution in [0.5, 0.6) is 0 Å². The smallest absolute Gasteiger partial charge is 0.408 e. The molecule has 1 aromatic rings. The van der Waals surface area contributed by atoms with Crippen LogP contribution in [0.1, 0.15) is 103 Å². The Morgan fingerprint density at radius 3 is 2.23 bits per heavy atom. The molecule has 0 fully saturated rings. The predicted molar refractivity (Wildman–Crippen MR) is 126 cm³/mol. The van der Waals surface area contributed by atoms with Gasteiger partial charge in [-0.3, -0.25) is 5.41 Å². The lowest BCUT2D eigenvalue weighted by atomic mass is 9.93. The van der Waals surface area contributed by atoms with Crippen LogP contribution >= 0.6 is 0 Å². The average Bonchev–Trinajstić information content (AvgIpc) is 2.66. The standard InChI is InChI=1S/C25H43N3O2/c1-6-7-8-9-10-11-12-19(2)21-16-13-20(14-17-21)15-18-22(23(26)27)28-24(29)30-25(3,4)5/h13-14,16-17,19,22H,6-12,15,18H2,1-5H3,(H3,26,27)(H,28,29). The van der Waals surface area contributed by atoms with Crippen LogP contribution in [0.15, 0.2) is 24.3 Å². The van der Waals surface area contributed by atoms with E-state index in [4.69, 9.17) is 15.9 Å². The average molecular weight is 418 g/mol. The van der Waals surface area contributed by atoms with E-state index in [9.17, 15) is 4.79 Å². The van der Waals surface area contributed by atoms with Crippen LogP contribution in [0, 0.1) is 5.41 Å². The van der Waals surface area contributed by atoms with Gasteiger partial charge in [0.25, 0.3) is 0 Å². The Kier molecular flexibility index (Phi) is 11.5. The number of rotatable bonds is 13. The van der Waals surface area contributed by atoms with E-state index in [0.29, 0.717) is 12.3 Å². The fourth-order valence-corrected chi connectivity index (χ4v) is 3.48. The van der Waals surface area contributed by atoms with Crippen molar-refractivity contribution in [2.24, 2.45) is 5.73 Å². The number of carbonyl (C=O) groups is 1. The topological polar surface area (TPSA) is 88.2 Å². The molecule has 0 bridgehead atoms. The first kappa shape index (κ1) is 26.0. The highest BCUT2D eigenvalue weighted by Gasteiger charge is 2.21. The molecule has 0 radical (unpaired) electrons. The van der Waals surface area contributed by atoms with Gasteiger partial charge in [-0.15, -0.1) is 0 Å². The number of aryl methyl sites for hydroxylation is 1. The van der Waals surface area contributed by atoms with Crippen LogP contribution in [0.4, 0.5) is 4.79 Å². The Labute approximate surface area is 183 Å². The summed E-state index contributed by atoms with van der Waals surface area (Å²) in [4.78, 5) is 12.0. The summed E-state index contributed by atoms with van der Waals surface area (Å²) in [6, 6.07) is 8.20. The van der Waals surface area contributed by atoms with Crippen molar-refractivity contribution in [3.05, 3.63) is 35.4 Å². The van der Waals surface area contributed by atoms with Crippen molar-refractivity contribution in [1.82, 2.24) is 5.32 Å². The quantitative estimate of drug-likeness (QED) is 0.200. The molecule has 1 aromatic carbocycles. The number of hydrogen-bond donors (Lipinski definition) is 3. The molecule has 0 aliphatic heterocycles. The monoisotopic (exact) mass is 417 g/mol. The van der Waals surface area contributed by atoms with Gasteiger partial charge < -0.3 is 15.8 Å². The number of amides is 1. The number of alkyl carbamates (subject to hydrolysis) is 1. The molecule has 0 saturated heterocycles. The van der Waals surface area contributed by atoms with E-state index in [0.717, 1.165) is 6.42 Å². The van der Waals surface area contributed by atoms with Gasteiger partial charge in [0, 0.05) is 0 Å². The Bertz CT molecular complexity index is 635. The van der Waals surface area contributed by atoms with E-state index in [-0.39, 0.29) is 5.84 Å². The summed E-state index contributed by atoms with van der Waals surface area (Å²) in [5.74, 6) is 0.522. The molecule has 2 atom stereocenters. The van der Waals surface area contributed by atoms with Crippen LogP contribution in [0.25, 0.3) is 0 Å². The van der Waals surface area contributed by atoms with Crippen molar-refractivity contribution in [1.29, 1.82) is 5.41 Å². The molecule has 1 amide bonds. The molecule has 5 nitrogen and oxygen atoms in total. The normalized spacial score (nSPS) is 13.5. The zero-order valence-electron chi connectivity index (χ0n) is 19.7. The van der Waals surface area contributed by atoms with Gasteiger partial charge in [-0.1, -0.05) is 76.6 Å². The van der Waals surface area contributed by atoms with Crippen molar-refractivity contribution in [3.63, 3.8) is 0 Å². The maximum atomic E-state index is 12.0. The van der Waals surface area contributed by atoms with Gasteiger partial charge >= 0.3 is 6.09 Å². The number of unbranched alkanes of at least 4 members (excludes halogenated alkanes) is 5. The number of ether oxygens (including phenoxy) is 1. The molecule has 0 spiro atoms. The third-order valence-electron chi connectivity index (χ3n) is 5.33. The minimum Gasteiger partial charge on any atom is -0.444 e. The number of nitrogens with two attached hydrogens (primary N) is 1. The largest absolute Gasteiger partial charge is 0.444 e. The third kappa shape index (κ3) is 11.2. The summed E-state index contributed by atoms with van der Waals surface area (Å²) in [5, 5.41) is 10.5. The number of nitrogens with one attached hydrogen (secondary N) is 2. The van der Waals surface area contributed by atoms with Crippen molar-refractivity contribution in [2.75, 3.05) is 0 Å². The Hall–Kier alpha value is -2.04. The van der Waals surface area contributed by atoms with Gasteiger partial charge in [-0.25, -0.2) is 4.79 Å². The van der Waals surface area contributed by atoms with Crippen LogP contribution in [-0.4, -0.2) is 23.6 Å². The number of benzene rings is 1. The summed E-state index contributed by atoms with van der Waals surface area (Å²) in [6.45, 7) is 9.99. The third-order valence-corrected chi connectivity index (χ3v) is 5.33. The zero-order valence-corrected chi connectivity index (χ0v) is 19.7. The lowest BCUT2D eigenvalue weighted by Gasteiger charge is -2.23. The zero-order chi connectivity index (χ0) is 22.6. The molecule has 30 heavy (non-hydrogen) atoms. The highest BCUT2D eigenvalue weighted by molar-refractivity contribution is 5.86. The van der Waals surface area contributed by atoms with Gasteiger partial charge in [-0.05, 0) is 57.1 Å². The lowest BCUT2D eigenvalue weighted by Crippen LogP contribution is -2.46. The van der Waals surface area contributed by atoms with E-state index in [1.54, 1.807) is 0 Å². The van der Waals surface area contributed by atoms with Crippen LogP contribution in [0.2, 0.25) is 0 Å². The fraction of sp³-hybridized carbons (Fsp3) is 0.680. The molecule has 1 rings (SSSR count). The van der Waals surface area contributed by atoms with E-state index >= 15 is 0 Å². The summed E-state index contributed by atoms with van der Waals surface area (Å²) in [7, 11) is 0. The first-order valence-electron chi connectivity index (χ1n) is 11.5. The van der Waals surface area contributed by atoms with Crippen molar-refractivity contribution < 1.29 is 9.53 Å². The molecule has 2 unspecified atom stereocenters. The minimum absolute atomic E-state index is 0.0509. The second kappa shape index (κ2) is 13.3. The van der Waals surface area contributed by atoms with Gasteiger partial charge in [0.2, 0.25) is 0 Å². The molecular formula is C25H43N3O2. The molecule has 0 aliphatic rings. The maximum Gasteiger partial charge on any atom is 0.408 e. The van der Waals surface area contributed by atoms with E-state index in [2.05, 4.69) is 43.4 Å². The highest BCUT2D eigenvalue weighted by Crippen LogP contribution is 2.23. The molecule has 170 valence electrons. The van der Waals surface area contributed by atoms with Gasteiger partial charge in [0.15, 0.2) is 0 Å². The first-order chi connectivity index (χ1) is 14.1. The number of hydrogen-bond acceptors (Lipinski definition) is 3. The lowest BCUT2D eigenvalue weighted by molar-refractivity contribution is 0.0516. The van der Waals surface area contributed by atoms with E-state index < -0.39 is 17.7 Å². The van der Waals surface area contributed by atoms with Crippen LogP contribution < -0.4 is 11.1 Å². The van der Waals surface area contributed by atoms with Gasteiger partial charge in [0.1, 0.15) is 11.4 Å². The van der Waals surface area contributed by atoms with Crippen molar-refractivity contribution in [3.8, 4) is 0 Å². The number of carbonyl (C=O) groups excluding carboxylic acids is 1. The maximum absolute atomic E-state index is 12.0. The van der Waals surface area contributed by atoms with Gasteiger partial charge in [0.05, 0.1) is 6.04 Å². The van der Waals surface area contributed by atoms with E-state index in [1.807, 2.05) is 20.8 Å². The van der Waals surface area contributed by atoms with Crippen LogP contribution in [0.3, 0.4) is 0 Å². The van der Waals surface area contributed by atoms with Crippen LogP contribution in [-0.2, 0) is 11.2 Å². The molecule has 0 saturated carbocycles. The molecule has 0 heterocycles. The summed E-state index contributed by atoms with van der Waals surface area (Å²) in [6.07, 6.45) is 10.0. The number of amidine groups is 1. The Morgan fingerprint density at radius 2 is 1.67 bits per heavy atom. The summed E-state index contributed by atoms with van der Waals surface area (Å²) >= 11 is 0. The second-order valence-electron chi connectivity index (χ2n) is 9.39. The second-order valence-corrected chi connectivity index (χ2v) is 9.39. The highest BCUT2D eigenvalue weighted by atomic mass is 16.6. The predicted octanol–water partition coefficient (Wildman–Crippen LogP) is 6.30. The molecule has 0 aliphatic carbocycles.